The first-order valence-electron chi connectivity index (χ1n) is 7.01. The molecule has 0 N–H and O–H groups in total. The lowest BCUT2D eigenvalue weighted by Crippen LogP contribution is -2.36. The number of para-hydroxylation sites is 1. The fourth-order valence-electron chi connectivity index (χ4n) is 2.35. The summed E-state index contributed by atoms with van der Waals surface area (Å²) < 4.78 is 10.5. The van der Waals surface area contributed by atoms with E-state index in [2.05, 4.69) is 0 Å². The zero-order valence-corrected chi connectivity index (χ0v) is 12.9. The van der Waals surface area contributed by atoms with Gasteiger partial charge in [-0.3, -0.25) is 9.69 Å². The number of carbonyl (C=O) groups excluding carboxylic acids is 2. The summed E-state index contributed by atoms with van der Waals surface area (Å²) in [4.78, 5) is 24.9. The number of ether oxygens (including phenoxy) is 2. The van der Waals surface area contributed by atoms with Gasteiger partial charge < -0.3 is 9.47 Å². The Labute approximate surface area is 124 Å². The maximum absolute atomic E-state index is 12.3. The lowest BCUT2D eigenvalue weighted by atomic mass is 10.0. The Morgan fingerprint density at radius 2 is 1.95 bits per heavy atom. The topological polar surface area (TPSA) is 55.8 Å². The molecule has 0 aliphatic carbocycles. The van der Waals surface area contributed by atoms with Crippen molar-refractivity contribution in [2.24, 2.45) is 0 Å². The van der Waals surface area contributed by atoms with E-state index in [1.54, 1.807) is 4.90 Å². The van der Waals surface area contributed by atoms with Gasteiger partial charge in [0, 0.05) is 19.4 Å². The van der Waals surface area contributed by atoms with Crippen LogP contribution in [0.1, 0.15) is 39.2 Å². The van der Waals surface area contributed by atoms with Crippen molar-refractivity contribution >= 4 is 17.7 Å². The van der Waals surface area contributed by atoms with Crippen LogP contribution in [0, 0.1) is 0 Å². The molecule has 1 aromatic carbocycles. The number of amides is 1. The number of fused-ring (bicyclic) bond motifs is 1. The fraction of sp³-hybridized carbons (Fsp3) is 0.500. The highest BCUT2D eigenvalue weighted by atomic mass is 16.6. The molecule has 2 rings (SSSR count). The molecule has 1 unspecified atom stereocenters. The van der Waals surface area contributed by atoms with Crippen molar-refractivity contribution < 1.29 is 19.1 Å². The fourth-order valence-corrected chi connectivity index (χ4v) is 2.35. The normalized spacial score (nSPS) is 17.3. The molecular weight excluding hydrogens is 270 g/mol. The molecule has 1 heterocycles. The summed E-state index contributed by atoms with van der Waals surface area (Å²) in [5.41, 5.74) is 1.29. The van der Waals surface area contributed by atoms with Crippen LogP contribution in [0.15, 0.2) is 24.3 Å². The minimum atomic E-state index is -0.542. The molecule has 0 saturated heterocycles. The number of hydrogen-bond acceptors (Lipinski definition) is 4. The molecule has 0 bridgehead atoms. The van der Waals surface area contributed by atoms with Gasteiger partial charge in [-0.15, -0.1) is 0 Å². The first-order valence-corrected chi connectivity index (χ1v) is 7.01. The van der Waals surface area contributed by atoms with Crippen LogP contribution in [0.4, 0.5) is 10.5 Å². The Hall–Kier alpha value is -2.04. The molecule has 21 heavy (non-hydrogen) atoms. The minimum absolute atomic E-state index is 0.0161. The molecule has 0 saturated carbocycles. The second kappa shape index (κ2) is 5.76. The zero-order chi connectivity index (χ0) is 15.6. The van der Waals surface area contributed by atoms with Gasteiger partial charge in [0.2, 0.25) is 0 Å². The SMILES string of the molecule is CC(=O)OCC1CN(C(=O)OC(C)(C)C)c2ccccc21. The number of benzene rings is 1. The molecule has 0 aromatic heterocycles. The molecule has 1 aromatic rings. The Kier molecular flexibility index (Phi) is 4.21. The molecule has 5 nitrogen and oxygen atoms in total. The number of anilines is 1. The summed E-state index contributed by atoms with van der Waals surface area (Å²) in [6.07, 6.45) is -0.375. The Morgan fingerprint density at radius 1 is 1.29 bits per heavy atom. The third kappa shape index (κ3) is 3.74. The van der Waals surface area contributed by atoms with Crippen LogP contribution in [0.3, 0.4) is 0 Å². The van der Waals surface area contributed by atoms with Gasteiger partial charge in [-0.25, -0.2) is 4.79 Å². The lowest BCUT2D eigenvalue weighted by molar-refractivity contribution is -0.141. The Bertz CT molecular complexity index is 547. The van der Waals surface area contributed by atoms with Crippen molar-refractivity contribution in [3.8, 4) is 0 Å². The van der Waals surface area contributed by atoms with Gasteiger partial charge in [-0.05, 0) is 32.4 Å². The molecule has 1 atom stereocenters. The average Bonchev–Trinajstić information content (AvgIpc) is 2.73. The van der Waals surface area contributed by atoms with Gasteiger partial charge in [0.25, 0.3) is 0 Å². The third-order valence-electron chi connectivity index (χ3n) is 3.17. The standard InChI is InChI=1S/C16H21NO4/c1-11(18)20-10-12-9-17(15(19)21-16(2,3)4)14-8-6-5-7-13(12)14/h5-8,12H,9-10H2,1-4H3. The number of hydrogen-bond donors (Lipinski definition) is 0. The summed E-state index contributed by atoms with van der Waals surface area (Å²) >= 11 is 0. The molecule has 0 radical (unpaired) electrons. The number of nitrogens with zero attached hydrogens (tertiary/aromatic N) is 1. The van der Waals surface area contributed by atoms with Gasteiger partial charge in [0.05, 0.1) is 12.3 Å². The average molecular weight is 291 g/mol. The van der Waals surface area contributed by atoms with Gasteiger partial charge in [0.15, 0.2) is 0 Å². The van der Waals surface area contributed by atoms with E-state index in [9.17, 15) is 9.59 Å². The first kappa shape index (κ1) is 15.4. The van der Waals surface area contributed by atoms with E-state index >= 15 is 0 Å². The van der Waals surface area contributed by atoms with Crippen LogP contribution in [0.5, 0.6) is 0 Å². The van der Waals surface area contributed by atoms with Crippen LogP contribution in [-0.2, 0) is 14.3 Å². The van der Waals surface area contributed by atoms with Crippen molar-refractivity contribution in [2.45, 2.75) is 39.2 Å². The maximum Gasteiger partial charge on any atom is 0.414 e. The van der Waals surface area contributed by atoms with Crippen molar-refractivity contribution in [2.75, 3.05) is 18.1 Å². The van der Waals surface area contributed by atoms with Gasteiger partial charge in [0.1, 0.15) is 5.60 Å². The van der Waals surface area contributed by atoms with Crippen molar-refractivity contribution in [3.63, 3.8) is 0 Å². The molecular formula is C16H21NO4. The van der Waals surface area contributed by atoms with E-state index in [1.807, 2.05) is 45.0 Å². The van der Waals surface area contributed by atoms with Crippen LogP contribution in [0.2, 0.25) is 0 Å². The third-order valence-corrected chi connectivity index (χ3v) is 3.17. The second-order valence-electron chi connectivity index (χ2n) is 6.15. The van der Waals surface area contributed by atoms with Crippen LogP contribution in [0.25, 0.3) is 0 Å². The molecule has 5 heteroatoms. The lowest BCUT2D eigenvalue weighted by Gasteiger charge is -2.25. The van der Waals surface area contributed by atoms with Crippen LogP contribution < -0.4 is 4.90 Å². The highest BCUT2D eigenvalue weighted by molar-refractivity contribution is 5.91. The van der Waals surface area contributed by atoms with E-state index in [0.717, 1.165) is 11.3 Å². The minimum Gasteiger partial charge on any atom is -0.465 e. The molecule has 114 valence electrons. The smallest absolute Gasteiger partial charge is 0.414 e. The van der Waals surface area contributed by atoms with Gasteiger partial charge >= 0.3 is 12.1 Å². The summed E-state index contributed by atoms with van der Waals surface area (Å²) in [5.74, 6) is -0.333. The van der Waals surface area contributed by atoms with E-state index in [1.165, 1.54) is 6.92 Å². The van der Waals surface area contributed by atoms with E-state index < -0.39 is 5.60 Å². The predicted molar refractivity (Wildman–Crippen MR) is 79.4 cm³/mol. The maximum atomic E-state index is 12.3. The number of rotatable bonds is 2. The highest BCUT2D eigenvalue weighted by Gasteiger charge is 2.35. The van der Waals surface area contributed by atoms with Crippen LogP contribution in [-0.4, -0.2) is 30.8 Å². The monoisotopic (exact) mass is 291 g/mol. The number of carbonyl (C=O) groups is 2. The Morgan fingerprint density at radius 3 is 2.57 bits per heavy atom. The molecule has 1 aliphatic rings. The molecule has 0 spiro atoms. The zero-order valence-electron chi connectivity index (χ0n) is 12.9. The summed E-state index contributed by atoms with van der Waals surface area (Å²) in [6.45, 7) is 7.62. The quantitative estimate of drug-likeness (QED) is 0.786. The van der Waals surface area contributed by atoms with Gasteiger partial charge in [-0.1, -0.05) is 18.2 Å². The number of esters is 1. The van der Waals surface area contributed by atoms with E-state index in [-0.39, 0.29) is 24.6 Å². The van der Waals surface area contributed by atoms with Gasteiger partial charge in [-0.2, -0.15) is 0 Å². The van der Waals surface area contributed by atoms with E-state index in [0.29, 0.717) is 6.54 Å². The van der Waals surface area contributed by atoms with Crippen molar-refractivity contribution in [1.82, 2.24) is 0 Å². The van der Waals surface area contributed by atoms with Crippen LogP contribution >= 0.6 is 0 Å². The predicted octanol–water partition coefficient (Wildman–Crippen LogP) is 3.09. The summed E-state index contributed by atoms with van der Waals surface area (Å²) in [5, 5.41) is 0. The first-order chi connectivity index (χ1) is 9.78. The van der Waals surface area contributed by atoms with Crippen molar-refractivity contribution in [3.05, 3.63) is 29.8 Å². The van der Waals surface area contributed by atoms with E-state index in [4.69, 9.17) is 9.47 Å². The largest absolute Gasteiger partial charge is 0.465 e. The summed E-state index contributed by atoms with van der Waals surface area (Å²) in [6, 6.07) is 7.63. The summed E-state index contributed by atoms with van der Waals surface area (Å²) in [7, 11) is 0. The van der Waals surface area contributed by atoms with Crippen molar-refractivity contribution in [1.29, 1.82) is 0 Å². The molecule has 1 amide bonds. The Balaban J connectivity index is 2.18. The second-order valence-corrected chi connectivity index (χ2v) is 6.15. The molecule has 0 fully saturated rings. The molecule has 1 aliphatic heterocycles. The highest BCUT2D eigenvalue weighted by Crippen LogP contribution is 2.37.